The fraction of sp³-hybridized carbons (Fsp3) is 0.618. The Morgan fingerprint density at radius 2 is 1.44 bits per heavy atom. The molecule has 2 aromatic rings. The molecule has 194 valence electrons. The molecular weight excluding hydrogens is 440 g/mol. The van der Waals surface area contributed by atoms with Gasteiger partial charge < -0.3 is 4.74 Å². The smallest absolute Gasteiger partial charge is 0.338 e. The predicted molar refractivity (Wildman–Crippen MR) is 149 cm³/mol. The maximum absolute atomic E-state index is 13.2. The zero-order valence-electron chi connectivity index (χ0n) is 22.7. The Labute approximate surface area is 219 Å². The molecule has 5 aliphatic rings. The fourth-order valence-electron chi connectivity index (χ4n) is 8.01. The SMILES string of the molecule is CCCCCCCCc1ccc(-c2ccc(C(=O)OC34CCC5(CCC)CC3CCC5C4)cc2)cc1. The second-order valence-corrected chi connectivity index (χ2v) is 12.2. The summed E-state index contributed by atoms with van der Waals surface area (Å²) in [6.07, 6.45) is 19.1. The van der Waals surface area contributed by atoms with E-state index in [0.29, 0.717) is 16.9 Å². The maximum atomic E-state index is 13.2. The van der Waals surface area contributed by atoms with Crippen molar-refractivity contribution in [2.45, 2.75) is 116 Å². The number of carbonyl (C=O) groups excluding carboxylic acids is 1. The van der Waals surface area contributed by atoms with E-state index in [2.05, 4.69) is 50.2 Å². The average Bonchev–Trinajstić information content (AvgIpc) is 2.91. The number of esters is 1. The lowest BCUT2D eigenvalue weighted by Crippen LogP contribution is -2.62. The standard InChI is InChI=1S/C34H46O2/c1-3-5-6-7-8-9-10-26-11-13-27(14-12-26)28-15-17-29(18-16-28)32(35)36-34-23-22-33(21-4-2)24-31(34)20-19-30(33)25-34/h11-18,30-31H,3-10,19-25H2,1-2H3. The Kier molecular flexibility index (Phi) is 7.89. The number of carbonyl (C=O) groups is 1. The molecule has 2 heteroatoms. The second kappa shape index (κ2) is 11.1. The maximum Gasteiger partial charge on any atom is 0.338 e. The zero-order valence-corrected chi connectivity index (χ0v) is 22.7. The van der Waals surface area contributed by atoms with Gasteiger partial charge in [0.05, 0.1) is 5.56 Å². The number of aryl methyl sites for hydroxylation is 1. The van der Waals surface area contributed by atoms with Gasteiger partial charge in [0.15, 0.2) is 0 Å². The molecule has 0 amide bonds. The first-order chi connectivity index (χ1) is 17.6. The van der Waals surface area contributed by atoms with Gasteiger partial charge in [-0.2, -0.15) is 0 Å². The molecule has 0 heterocycles. The topological polar surface area (TPSA) is 26.3 Å². The van der Waals surface area contributed by atoms with Crippen LogP contribution in [0.2, 0.25) is 0 Å². The second-order valence-electron chi connectivity index (χ2n) is 12.2. The minimum absolute atomic E-state index is 0.119. The van der Waals surface area contributed by atoms with Crippen LogP contribution in [-0.4, -0.2) is 11.6 Å². The summed E-state index contributed by atoms with van der Waals surface area (Å²) in [5.74, 6) is 1.21. The van der Waals surface area contributed by atoms with Crippen molar-refractivity contribution in [3.05, 3.63) is 59.7 Å². The van der Waals surface area contributed by atoms with Crippen LogP contribution < -0.4 is 0 Å². The van der Waals surface area contributed by atoms with Crippen molar-refractivity contribution in [1.82, 2.24) is 0 Å². The highest BCUT2D eigenvalue weighted by atomic mass is 16.6. The molecular formula is C34H46O2. The first-order valence-corrected chi connectivity index (χ1v) is 15.0. The van der Waals surface area contributed by atoms with Crippen LogP contribution in [0.1, 0.15) is 120 Å². The van der Waals surface area contributed by atoms with Crippen LogP contribution in [-0.2, 0) is 11.2 Å². The van der Waals surface area contributed by atoms with Gasteiger partial charge in [-0.1, -0.05) is 88.8 Å². The summed E-state index contributed by atoms with van der Waals surface area (Å²) in [6, 6.07) is 17.1. The molecule has 5 fully saturated rings. The Morgan fingerprint density at radius 1 is 0.778 bits per heavy atom. The zero-order chi connectivity index (χ0) is 25.0. The highest BCUT2D eigenvalue weighted by Crippen LogP contribution is 2.67. The summed E-state index contributed by atoms with van der Waals surface area (Å²) in [5, 5.41) is 0. The van der Waals surface area contributed by atoms with Gasteiger partial charge in [0.25, 0.3) is 0 Å². The first kappa shape index (κ1) is 25.6. The number of ether oxygens (including phenoxy) is 1. The number of rotatable bonds is 12. The van der Waals surface area contributed by atoms with E-state index in [1.807, 2.05) is 12.1 Å². The van der Waals surface area contributed by atoms with Gasteiger partial charge in [-0.3, -0.25) is 0 Å². The summed E-state index contributed by atoms with van der Waals surface area (Å²) in [4.78, 5) is 13.2. The molecule has 0 saturated heterocycles. The van der Waals surface area contributed by atoms with Crippen molar-refractivity contribution in [3.8, 4) is 11.1 Å². The molecule has 4 bridgehead atoms. The first-order valence-electron chi connectivity index (χ1n) is 15.0. The molecule has 5 saturated carbocycles. The monoisotopic (exact) mass is 486 g/mol. The van der Waals surface area contributed by atoms with E-state index in [1.54, 1.807) is 0 Å². The number of fused-ring (bicyclic) bond motifs is 2. The predicted octanol–water partition coefficient (Wildman–Crippen LogP) is 9.55. The van der Waals surface area contributed by atoms with Crippen LogP contribution in [0.4, 0.5) is 0 Å². The molecule has 4 atom stereocenters. The molecule has 0 aromatic heterocycles. The average molecular weight is 487 g/mol. The van der Waals surface area contributed by atoms with Gasteiger partial charge in [0.1, 0.15) is 5.60 Å². The third-order valence-corrected chi connectivity index (χ3v) is 10.0. The van der Waals surface area contributed by atoms with Gasteiger partial charge in [-0.05, 0) is 104 Å². The van der Waals surface area contributed by atoms with Gasteiger partial charge >= 0.3 is 5.97 Å². The summed E-state index contributed by atoms with van der Waals surface area (Å²) in [6.45, 7) is 4.60. The molecule has 5 aliphatic carbocycles. The van der Waals surface area contributed by atoms with Crippen molar-refractivity contribution in [2.24, 2.45) is 17.3 Å². The molecule has 2 nitrogen and oxygen atoms in total. The van der Waals surface area contributed by atoms with Crippen LogP contribution in [0.3, 0.4) is 0 Å². The molecule has 4 unspecified atom stereocenters. The van der Waals surface area contributed by atoms with Crippen LogP contribution in [0.15, 0.2) is 48.5 Å². The normalized spacial score (nSPS) is 28.4. The quantitative estimate of drug-likeness (QED) is 0.220. The number of hydrogen-bond donors (Lipinski definition) is 0. The largest absolute Gasteiger partial charge is 0.455 e. The molecule has 7 rings (SSSR count). The Balaban J connectivity index is 1.16. The van der Waals surface area contributed by atoms with Crippen LogP contribution >= 0.6 is 0 Å². The lowest BCUT2D eigenvalue weighted by atomic mass is 9.43. The molecule has 0 spiro atoms. The summed E-state index contributed by atoms with van der Waals surface area (Å²) in [5.41, 5.74) is 4.85. The molecule has 2 aromatic carbocycles. The van der Waals surface area contributed by atoms with Crippen molar-refractivity contribution in [2.75, 3.05) is 0 Å². The minimum Gasteiger partial charge on any atom is -0.455 e. The number of benzene rings is 2. The van der Waals surface area contributed by atoms with E-state index in [4.69, 9.17) is 4.74 Å². The lowest BCUT2D eigenvalue weighted by molar-refractivity contribution is -0.204. The number of unbranched alkanes of at least 4 members (excludes halogenated alkanes) is 5. The van der Waals surface area contributed by atoms with Crippen LogP contribution in [0.25, 0.3) is 11.1 Å². The molecule has 0 N–H and O–H groups in total. The van der Waals surface area contributed by atoms with Gasteiger partial charge in [-0.15, -0.1) is 0 Å². The van der Waals surface area contributed by atoms with Crippen molar-refractivity contribution < 1.29 is 9.53 Å². The molecule has 0 radical (unpaired) electrons. The summed E-state index contributed by atoms with van der Waals surface area (Å²) < 4.78 is 6.40. The van der Waals surface area contributed by atoms with E-state index in [9.17, 15) is 4.79 Å². The van der Waals surface area contributed by atoms with Gasteiger partial charge in [0, 0.05) is 0 Å². The van der Waals surface area contributed by atoms with Gasteiger partial charge in [0.2, 0.25) is 0 Å². The van der Waals surface area contributed by atoms with E-state index in [1.165, 1.54) is 94.6 Å². The van der Waals surface area contributed by atoms with E-state index >= 15 is 0 Å². The molecule has 36 heavy (non-hydrogen) atoms. The lowest BCUT2D eigenvalue weighted by Gasteiger charge is -2.65. The minimum atomic E-state index is -0.194. The highest BCUT2D eigenvalue weighted by Gasteiger charge is 2.63. The van der Waals surface area contributed by atoms with E-state index < -0.39 is 0 Å². The van der Waals surface area contributed by atoms with Crippen molar-refractivity contribution in [1.29, 1.82) is 0 Å². The number of hydrogen-bond acceptors (Lipinski definition) is 2. The summed E-state index contributed by atoms with van der Waals surface area (Å²) in [7, 11) is 0. The van der Waals surface area contributed by atoms with Gasteiger partial charge in [-0.25, -0.2) is 4.79 Å². The van der Waals surface area contributed by atoms with Crippen molar-refractivity contribution in [3.63, 3.8) is 0 Å². The van der Waals surface area contributed by atoms with E-state index in [-0.39, 0.29) is 11.6 Å². The van der Waals surface area contributed by atoms with Crippen LogP contribution in [0.5, 0.6) is 0 Å². The third-order valence-electron chi connectivity index (χ3n) is 10.0. The Morgan fingerprint density at radius 3 is 2.11 bits per heavy atom. The van der Waals surface area contributed by atoms with E-state index in [0.717, 1.165) is 24.3 Å². The van der Waals surface area contributed by atoms with Crippen LogP contribution in [0, 0.1) is 17.3 Å². The Hall–Kier alpha value is -2.09. The fourth-order valence-corrected chi connectivity index (χ4v) is 8.01. The Bertz CT molecular complexity index is 1010. The summed E-state index contributed by atoms with van der Waals surface area (Å²) >= 11 is 0. The molecule has 0 aliphatic heterocycles. The third kappa shape index (κ3) is 5.15. The highest BCUT2D eigenvalue weighted by molar-refractivity contribution is 5.90. The van der Waals surface area contributed by atoms with Crippen molar-refractivity contribution >= 4 is 5.97 Å².